The summed E-state index contributed by atoms with van der Waals surface area (Å²) in [5.41, 5.74) is 5.36. The lowest BCUT2D eigenvalue weighted by Crippen LogP contribution is -2.31. The second-order valence-corrected chi connectivity index (χ2v) is 4.02. The van der Waals surface area contributed by atoms with Crippen LogP contribution in [0.15, 0.2) is 12.1 Å². The molecule has 1 aromatic carbocycles. The van der Waals surface area contributed by atoms with Crippen LogP contribution in [0.3, 0.4) is 0 Å². The third-order valence-electron chi connectivity index (χ3n) is 2.48. The quantitative estimate of drug-likeness (QED) is 0.785. The third-order valence-corrected chi connectivity index (χ3v) is 2.48. The van der Waals surface area contributed by atoms with Crippen molar-refractivity contribution in [3.63, 3.8) is 0 Å². The van der Waals surface area contributed by atoms with E-state index in [1.54, 1.807) is 13.8 Å². The van der Waals surface area contributed by atoms with Crippen molar-refractivity contribution < 1.29 is 18.3 Å². The maximum Gasteiger partial charge on any atom is 0.194 e. The molecule has 0 saturated carbocycles. The highest BCUT2D eigenvalue weighted by atomic mass is 19.2. The molecule has 2 nitrogen and oxygen atoms in total. The van der Waals surface area contributed by atoms with Crippen LogP contribution in [0.25, 0.3) is 0 Å². The first kappa shape index (κ1) is 13.0. The van der Waals surface area contributed by atoms with Gasteiger partial charge >= 0.3 is 0 Å². The van der Waals surface area contributed by atoms with E-state index < -0.39 is 29.6 Å². The second-order valence-electron chi connectivity index (χ2n) is 4.02. The van der Waals surface area contributed by atoms with Crippen LogP contribution >= 0.6 is 0 Å². The van der Waals surface area contributed by atoms with Gasteiger partial charge in [-0.1, -0.05) is 19.9 Å². The monoisotopic (exact) mass is 233 g/mol. The van der Waals surface area contributed by atoms with Crippen molar-refractivity contribution in [2.45, 2.75) is 26.0 Å². The van der Waals surface area contributed by atoms with Gasteiger partial charge in [0.2, 0.25) is 0 Å². The Balaban J connectivity index is 3.10. The Hall–Kier alpha value is -1.07. The maximum absolute atomic E-state index is 13.3. The summed E-state index contributed by atoms with van der Waals surface area (Å²) in [4.78, 5) is 0. The highest BCUT2D eigenvalue weighted by Gasteiger charge is 2.25. The molecule has 0 bridgehead atoms. The largest absolute Gasteiger partial charge is 0.391 e. The zero-order valence-corrected chi connectivity index (χ0v) is 9.05. The van der Waals surface area contributed by atoms with Gasteiger partial charge in [-0.05, 0) is 12.0 Å². The molecule has 0 radical (unpaired) electrons. The smallest absolute Gasteiger partial charge is 0.194 e. The molecule has 0 aromatic heterocycles. The van der Waals surface area contributed by atoms with E-state index >= 15 is 0 Å². The maximum atomic E-state index is 13.3. The lowest BCUT2D eigenvalue weighted by Gasteiger charge is -2.22. The van der Waals surface area contributed by atoms with Crippen LogP contribution in [0.1, 0.15) is 25.5 Å². The second kappa shape index (κ2) is 4.84. The molecule has 0 saturated heterocycles. The average molecular weight is 233 g/mol. The minimum Gasteiger partial charge on any atom is -0.391 e. The highest BCUT2D eigenvalue weighted by molar-refractivity contribution is 5.24. The number of benzene rings is 1. The van der Waals surface area contributed by atoms with Crippen LogP contribution in [0.2, 0.25) is 0 Å². The summed E-state index contributed by atoms with van der Waals surface area (Å²) >= 11 is 0. The molecule has 0 aliphatic heterocycles. The van der Waals surface area contributed by atoms with Crippen LogP contribution in [0.5, 0.6) is 0 Å². The lowest BCUT2D eigenvalue weighted by atomic mass is 9.94. The van der Waals surface area contributed by atoms with Gasteiger partial charge in [-0.15, -0.1) is 0 Å². The molecule has 0 fully saturated rings. The summed E-state index contributed by atoms with van der Waals surface area (Å²) in [5.74, 6) is -4.38. The van der Waals surface area contributed by atoms with Gasteiger partial charge in [0.25, 0.3) is 0 Å². The van der Waals surface area contributed by atoms with Gasteiger partial charge in [-0.3, -0.25) is 0 Å². The van der Waals surface area contributed by atoms with Crippen LogP contribution in [0, 0.1) is 23.4 Å². The fourth-order valence-corrected chi connectivity index (χ4v) is 1.40. The average Bonchev–Trinajstić information content (AvgIpc) is 2.24. The Morgan fingerprint density at radius 2 is 1.69 bits per heavy atom. The van der Waals surface area contributed by atoms with Crippen molar-refractivity contribution >= 4 is 0 Å². The minimum absolute atomic E-state index is 0.206. The summed E-state index contributed by atoms with van der Waals surface area (Å²) in [7, 11) is 0. The number of rotatable bonds is 3. The first-order chi connectivity index (χ1) is 7.36. The number of nitrogens with two attached hydrogens (primary N) is 1. The standard InChI is InChI=1S/C11H14F3NO/c1-5(2)11(16)10(15)6-3-4-7(12)9(14)8(6)13/h3-5,10-11,16H,15H2,1-2H3/t10-,11+/m0/s1. The van der Waals surface area contributed by atoms with Crippen molar-refractivity contribution in [1.82, 2.24) is 0 Å². The molecular weight excluding hydrogens is 219 g/mol. The van der Waals surface area contributed by atoms with Crippen molar-refractivity contribution in [3.05, 3.63) is 35.1 Å². The number of aliphatic hydroxyl groups excluding tert-OH is 1. The molecule has 5 heteroatoms. The SMILES string of the molecule is CC(C)[C@@H](O)[C@@H](N)c1ccc(F)c(F)c1F. The van der Waals surface area contributed by atoms with E-state index in [2.05, 4.69) is 0 Å². The topological polar surface area (TPSA) is 46.2 Å². The van der Waals surface area contributed by atoms with Crippen LogP contribution in [0.4, 0.5) is 13.2 Å². The van der Waals surface area contributed by atoms with Crippen LogP contribution < -0.4 is 5.73 Å². The molecule has 0 unspecified atom stereocenters. The molecule has 1 aromatic rings. The molecule has 0 aliphatic rings. The number of hydrogen-bond donors (Lipinski definition) is 2. The van der Waals surface area contributed by atoms with Crippen molar-refractivity contribution in [2.24, 2.45) is 11.7 Å². The molecule has 16 heavy (non-hydrogen) atoms. The van der Waals surface area contributed by atoms with Crippen molar-refractivity contribution in [1.29, 1.82) is 0 Å². The molecule has 3 N–H and O–H groups in total. The highest BCUT2D eigenvalue weighted by Crippen LogP contribution is 2.24. The predicted octanol–water partition coefficient (Wildman–Crippen LogP) is 2.12. The fourth-order valence-electron chi connectivity index (χ4n) is 1.40. The van der Waals surface area contributed by atoms with Gasteiger partial charge in [-0.2, -0.15) is 0 Å². The molecule has 0 heterocycles. The molecule has 2 atom stereocenters. The zero-order chi connectivity index (χ0) is 12.5. The molecule has 1 rings (SSSR count). The third kappa shape index (κ3) is 2.36. The van der Waals surface area contributed by atoms with Gasteiger partial charge in [0.1, 0.15) is 0 Å². The summed E-state index contributed by atoms with van der Waals surface area (Å²) in [6.45, 7) is 3.39. The van der Waals surface area contributed by atoms with Crippen LogP contribution in [-0.4, -0.2) is 11.2 Å². The molecule has 90 valence electrons. The number of hydrogen-bond acceptors (Lipinski definition) is 2. The fraction of sp³-hybridized carbons (Fsp3) is 0.455. The predicted molar refractivity (Wildman–Crippen MR) is 54.1 cm³/mol. The van der Waals surface area contributed by atoms with Crippen molar-refractivity contribution in [3.8, 4) is 0 Å². The molecule has 0 amide bonds. The zero-order valence-electron chi connectivity index (χ0n) is 9.05. The first-order valence-corrected chi connectivity index (χ1v) is 4.93. The van der Waals surface area contributed by atoms with Crippen molar-refractivity contribution in [2.75, 3.05) is 0 Å². The van der Waals surface area contributed by atoms with E-state index in [1.807, 2.05) is 0 Å². The van der Waals surface area contributed by atoms with Gasteiger partial charge < -0.3 is 10.8 Å². The number of aliphatic hydroxyl groups is 1. The van der Waals surface area contributed by atoms with Crippen LogP contribution in [-0.2, 0) is 0 Å². The van der Waals surface area contributed by atoms with Gasteiger partial charge in [-0.25, -0.2) is 13.2 Å². The van der Waals surface area contributed by atoms with E-state index in [4.69, 9.17) is 5.73 Å². The summed E-state index contributed by atoms with van der Waals surface area (Å²) in [5, 5.41) is 9.63. The summed E-state index contributed by atoms with van der Waals surface area (Å²) < 4.78 is 38.9. The van der Waals surface area contributed by atoms with E-state index in [0.717, 1.165) is 12.1 Å². The van der Waals surface area contributed by atoms with E-state index in [0.29, 0.717) is 0 Å². The summed E-state index contributed by atoms with van der Waals surface area (Å²) in [6.07, 6.45) is -1.01. The van der Waals surface area contributed by atoms with E-state index in [9.17, 15) is 18.3 Å². The van der Waals surface area contributed by atoms with E-state index in [-0.39, 0.29) is 11.5 Å². The minimum atomic E-state index is -1.57. The Bertz CT molecular complexity index is 382. The molecule has 0 aliphatic carbocycles. The van der Waals surface area contributed by atoms with E-state index in [1.165, 1.54) is 0 Å². The first-order valence-electron chi connectivity index (χ1n) is 4.93. The van der Waals surface area contributed by atoms with Gasteiger partial charge in [0.15, 0.2) is 17.5 Å². The molecule has 0 spiro atoms. The normalized spacial score (nSPS) is 15.2. The number of halogens is 3. The Kier molecular flexibility index (Phi) is 3.93. The lowest BCUT2D eigenvalue weighted by molar-refractivity contribution is 0.0962. The Morgan fingerprint density at radius 3 is 2.19 bits per heavy atom. The Morgan fingerprint density at radius 1 is 1.12 bits per heavy atom. The van der Waals surface area contributed by atoms with Gasteiger partial charge in [0, 0.05) is 5.56 Å². The van der Waals surface area contributed by atoms with Gasteiger partial charge in [0.05, 0.1) is 12.1 Å². The Labute approximate surface area is 91.9 Å². The molecular formula is C11H14F3NO. The summed E-state index contributed by atoms with van der Waals surface area (Å²) in [6, 6.07) is 0.764.